The minimum Gasteiger partial charge on any atom is -0.454 e. The Morgan fingerprint density at radius 1 is 1.04 bits per heavy atom. The molecular weight excluding hydrogens is 359 g/mol. The van der Waals surface area contributed by atoms with Crippen molar-refractivity contribution in [2.75, 3.05) is 33.5 Å². The molecule has 0 aromatic heterocycles. The van der Waals surface area contributed by atoms with Crippen molar-refractivity contribution in [1.82, 2.24) is 9.21 Å². The predicted molar refractivity (Wildman–Crippen MR) is 93.1 cm³/mol. The molecular formula is C18H19FN2O4S. The molecule has 2 aliphatic rings. The SMILES string of the molecule is CN1CCN(S(=O)(=O)c2ccc3c(c2)OCO3)CC1c1ccc(F)cc1. The van der Waals surface area contributed by atoms with Crippen molar-refractivity contribution in [3.63, 3.8) is 0 Å². The normalized spacial score (nSPS) is 21.1. The Bertz CT molecular complexity index is 917. The Morgan fingerprint density at radius 3 is 2.54 bits per heavy atom. The summed E-state index contributed by atoms with van der Waals surface area (Å²) in [5.41, 5.74) is 0.888. The molecule has 0 radical (unpaired) electrons. The van der Waals surface area contributed by atoms with Crippen molar-refractivity contribution in [1.29, 1.82) is 0 Å². The molecule has 2 heterocycles. The van der Waals surface area contributed by atoms with Gasteiger partial charge in [-0.1, -0.05) is 12.1 Å². The average Bonchev–Trinajstić information content (AvgIpc) is 3.10. The van der Waals surface area contributed by atoms with Crippen LogP contribution in [-0.2, 0) is 10.0 Å². The minimum absolute atomic E-state index is 0.0972. The first kappa shape index (κ1) is 17.3. The second kappa shape index (κ2) is 6.53. The standard InChI is InChI=1S/C18H19FN2O4S/c1-20-8-9-21(11-16(20)13-2-4-14(19)5-3-13)26(22,23)15-6-7-17-18(10-15)25-12-24-17/h2-7,10,16H,8-9,11-12H2,1H3. The van der Waals surface area contributed by atoms with Crippen LogP contribution >= 0.6 is 0 Å². The predicted octanol–water partition coefficient (Wildman–Crippen LogP) is 2.23. The molecule has 26 heavy (non-hydrogen) atoms. The van der Waals surface area contributed by atoms with E-state index in [0.717, 1.165) is 5.56 Å². The zero-order valence-electron chi connectivity index (χ0n) is 14.3. The lowest BCUT2D eigenvalue weighted by molar-refractivity contribution is 0.148. The van der Waals surface area contributed by atoms with E-state index in [1.807, 2.05) is 7.05 Å². The number of rotatable bonds is 3. The monoisotopic (exact) mass is 378 g/mol. The zero-order chi connectivity index (χ0) is 18.3. The molecule has 2 aromatic carbocycles. The Morgan fingerprint density at radius 2 is 1.77 bits per heavy atom. The summed E-state index contributed by atoms with van der Waals surface area (Å²) in [6.07, 6.45) is 0. The summed E-state index contributed by atoms with van der Waals surface area (Å²) in [6.45, 7) is 1.38. The lowest BCUT2D eigenvalue weighted by Crippen LogP contribution is -2.48. The van der Waals surface area contributed by atoms with E-state index in [1.54, 1.807) is 18.2 Å². The molecule has 8 heteroatoms. The summed E-state index contributed by atoms with van der Waals surface area (Å²) >= 11 is 0. The summed E-state index contributed by atoms with van der Waals surface area (Å²) in [6, 6.07) is 10.7. The number of sulfonamides is 1. The van der Waals surface area contributed by atoms with Gasteiger partial charge in [0, 0.05) is 31.7 Å². The quantitative estimate of drug-likeness (QED) is 0.820. The number of ether oxygens (including phenoxy) is 2. The van der Waals surface area contributed by atoms with Crippen LogP contribution in [0.1, 0.15) is 11.6 Å². The van der Waals surface area contributed by atoms with E-state index in [4.69, 9.17) is 9.47 Å². The van der Waals surface area contributed by atoms with Gasteiger partial charge in [-0.05, 0) is 36.9 Å². The van der Waals surface area contributed by atoms with Crippen molar-refractivity contribution in [2.45, 2.75) is 10.9 Å². The molecule has 0 saturated carbocycles. The van der Waals surface area contributed by atoms with E-state index in [2.05, 4.69) is 4.90 Å². The average molecular weight is 378 g/mol. The van der Waals surface area contributed by atoms with Crippen LogP contribution in [0.15, 0.2) is 47.4 Å². The summed E-state index contributed by atoms with van der Waals surface area (Å²) in [4.78, 5) is 2.27. The van der Waals surface area contributed by atoms with Gasteiger partial charge in [0.15, 0.2) is 11.5 Å². The Kier molecular flexibility index (Phi) is 4.34. The van der Waals surface area contributed by atoms with E-state index < -0.39 is 10.0 Å². The smallest absolute Gasteiger partial charge is 0.243 e. The van der Waals surface area contributed by atoms with E-state index in [1.165, 1.54) is 28.6 Å². The van der Waals surface area contributed by atoms with Gasteiger partial charge in [0.1, 0.15) is 5.82 Å². The van der Waals surface area contributed by atoms with E-state index in [0.29, 0.717) is 31.1 Å². The van der Waals surface area contributed by atoms with E-state index >= 15 is 0 Å². The molecule has 1 atom stereocenters. The molecule has 0 bridgehead atoms. The second-order valence-electron chi connectivity index (χ2n) is 6.43. The fourth-order valence-corrected chi connectivity index (χ4v) is 4.75. The molecule has 0 N–H and O–H groups in total. The van der Waals surface area contributed by atoms with Gasteiger partial charge in [0.05, 0.1) is 4.90 Å². The third kappa shape index (κ3) is 3.04. The first-order chi connectivity index (χ1) is 12.4. The second-order valence-corrected chi connectivity index (χ2v) is 8.36. The number of halogens is 1. The van der Waals surface area contributed by atoms with Crippen LogP contribution in [0.25, 0.3) is 0 Å². The van der Waals surface area contributed by atoms with Gasteiger partial charge < -0.3 is 9.47 Å². The maximum Gasteiger partial charge on any atom is 0.243 e. The molecule has 2 aromatic rings. The van der Waals surface area contributed by atoms with Gasteiger partial charge in [-0.2, -0.15) is 4.31 Å². The molecule has 0 aliphatic carbocycles. The molecule has 0 spiro atoms. The Labute approximate surface area is 151 Å². The first-order valence-electron chi connectivity index (χ1n) is 8.31. The molecule has 6 nitrogen and oxygen atoms in total. The number of hydrogen-bond donors (Lipinski definition) is 0. The van der Waals surface area contributed by atoms with Gasteiger partial charge in [0.2, 0.25) is 16.8 Å². The zero-order valence-corrected chi connectivity index (χ0v) is 15.1. The van der Waals surface area contributed by atoms with Crippen LogP contribution < -0.4 is 9.47 Å². The van der Waals surface area contributed by atoms with Crippen LogP contribution in [0.5, 0.6) is 11.5 Å². The molecule has 1 fully saturated rings. The highest BCUT2D eigenvalue weighted by Gasteiger charge is 2.34. The summed E-state index contributed by atoms with van der Waals surface area (Å²) in [5, 5.41) is 0. The molecule has 4 rings (SSSR count). The lowest BCUT2D eigenvalue weighted by atomic mass is 10.0. The number of fused-ring (bicyclic) bond motifs is 1. The van der Waals surface area contributed by atoms with Crippen LogP contribution in [0.2, 0.25) is 0 Å². The van der Waals surface area contributed by atoms with Crippen LogP contribution in [0.4, 0.5) is 4.39 Å². The summed E-state index contributed by atoms with van der Waals surface area (Å²) < 4.78 is 51.4. The highest BCUT2D eigenvalue weighted by Crippen LogP contribution is 2.35. The van der Waals surface area contributed by atoms with Crippen LogP contribution in [0.3, 0.4) is 0 Å². The topological polar surface area (TPSA) is 59.1 Å². The van der Waals surface area contributed by atoms with E-state index in [9.17, 15) is 12.8 Å². The Hall–Kier alpha value is -2.16. The molecule has 2 aliphatic heterocycles. The molecule has 138 valence electrons. The number of benzene rings is 2. The van der Waals surface area contributed by atoms with Gasteiger partial charge in [-0.3, -0.25) is 4.90 Å². The van der Waals surface area contributed by atoms with Crippen molar-refractivity contribution in [3.05, 3.63) is 53.8 Å². The maximum absolute atomic E-state index is 13.2. The third-order valence-electron chi connectivity index (χ3n) is 4.85. The number of likely N-dealkylation sites (N-methyl/N-ethyl adjacent to an activating group) is 1. The van der Waals surface area contributed by atoms with Crippen molar-refractivity contribution >= 4 is 10.0 Å². The van der Waals surface area contributed by atoms with Gasteiger partial charge in [-0.15, -0.1) is 0 Å². The van der Waals surface area contributed by atoms with Gasteiger partial charge in [-0.25, -0.2) is 12.8 Å². The number of hydrogen-bond acceptors (Lipinski definition) is 5. The highest BCUT2D eigenvalue weighted by molar-refractivity contribution is 7.89. The van der Waals surface area contributed by atoms with Gasteiger partial charge >= 0.3 is 0 Å². The summed E-state index contributed by atoms with van der Waals surface area (Å²) in [7, 11) is -1.72. The Balaban J connectivity index is 1.61. The maximum atomic E-state index is 13.2. The number of nitrogens with zero attached hydrogens (tertiary/aromatic N) is 2. The van der Waals surface area contributed by atoms with E-state index in [-0.39, 0.29) is 23.5 Å². The first-order valence-corrected chi connectivity index (χ1v) is 9.75. The van der Waals surface area contributed by atoms with Crippen molar-refractivity contribution < 1.29 is 22.3 Å². The van der Waals surface area contributed by atoms with Crippen molar-refractivity contribution in [3.8, 4) is 11.5 Å². The molecule has 0 amide bonds. The number of piperazine rings is 1. The fourth-order valence-electron chi connectivity index (χ4n) is 3.30. The third-order valence-corrected chi connectivity index (χ3v) is 6.71. The molecule has 1 unspecified atom stereocenters. The highest BCUT2D eigenvalue weighted by atomic mass is 32.2. The van der Waals surface area contributed by atoms with Crippen molar-refractivity contribution in [2.24, 2.45) is 0 Å². The van der Waals surface area contributed by atoms with Gasteiger partial charge in [0.25, 0.3) is 0 Å². The fraction of sp³-hybridized carbons (Fsp3) is 0.333. The van der Waals surface area contributed by atoms with Crippen LogP contribution in [0, 0.1) is 5.82 Å². The lowest BCUT2D eigenvalue weighted by Gasteiger charge is -2.39. The molecule has 1 saturated heterocycles. The minimum atomic E-state index is -3.66. The van der Waals surface area contributed by atoms with Crippen LogP contribution in [-0.4, -0.2) is 51.1 Å². The summed E-state index contributed by atoms with van der Waals surface area (Å²) in [5.74, 6) is 0.679. The largest absolute Gasteiger partial charge is 0.454 e.